The lowest BCUT2D eigenvalue weighted by atomic mass is 10.5. The van der Waals surface area contributed by atoms with Crippen LogP contribution < -0.4 is 14.8 Å². The molecule has 2 heterocycles. The molecule has 2 aromatic heterocycles. The molecule has 0 saturated carbocycles. The van der Waals surface area contributed by atoms with Gasteiger partial charge in [0.2, 0.25) is 17.7 Å². The Morgan fingerprint density at radius 3 is 2.39 bits per heavy atom. The van der Waals surface area contributed by atoms with Crippen LogP contribution in [0.3, 0.4) is 0 Å². The monoisotopic (exact) mass is 266 g/mol. The first kappa shape index (κ1) is 12.6. The molecular formula is C11H14N4O2S. The Kier molecular flexibility index (Phi) is 3.93. The fraction of sp³-hybridized carbons (Fsp3) is 0.364. The molecule has 7 heteroatoms. The van der Waals surface area contributed by atoms with Crippen LogP contribution in [0.15, 0.2) is 12.3 Å². The normalized spacial score (nSPS) is 10.2. The molecule has 0 aliphatic heterocycles. The van der Waals surface area contributed by atoms with Crippen molar-refractivity contribution in [1.82, 2.24) is 15.0 Å². The number of thiazole rings is 1. The molecule has 0 bridgehead atoms. The number of anilines is 1. The van der Waals surface area contributed by atoms with Gasteiger partial charge in [0.05, 0.1) is 31.8 Å². The molecular weight excluding hydrogens is 252 g/mol. The Balaban J connectivity index is 2.08. The van der Waals surface area contributed by atoms with Crippen molar-refractivity contribution in [3.05, 3.63) is 22.1 Å². The standard InChI is InChI=1S/C11H14N4O2S/c1-7-12-5-8(18-7)6-13-11-14-9(16-2)4-10(15-11)17-3/h4-5H,6H2,1-3H3,(H,13,14,15). The van der Waals surface area contributed by atoms with Crippen LogP contribution in [0.25, 0.3) is 0 Å². The second-order valence-electron chi connectivity index (χ2n) is 3.48. The van der Waals surface area contributed by atoms with Gasteiger partial charge in [-0.05, 0) is 6.92 Å². The zero-order chi connectivity index (χ0) is 13.0. The van der Waals surface area contributed by atoms with Gasteiger partial charge in [-0.1, -0.05) is 0 Å². The van der Waals surface area contributed by atoms with Gasteiger partial charge in [-0.2, -0.15) is 9.97 Å². The molecule has 0 aromatic carbocycles. The van der Waals surface area contributed by atoms with Crippen LogP contribution in [0, 0.1) is 6.92 Å². The third-order valence-corrected chi connectivity index (χ3v) is 3.10. The number of nitrogens with one attached hydrogen (secondary N) is 1. The predicted octanol–water partition coefficient (Wildman–Crippen LogP) is 1.87. The van der Waals surface area contributed by atoms with Gasteiger partial charge in [0.1, 0.15) is 0 Å². The van der Waals surface area contributed by atoms with Crippen molar-refractivity contribution in [3.8, 4) is 11.8 Å². The summed E-state index contributed by atoms with van der Waals surface area (Å²) < 4.78 is 10.1. The van der Waals surface area contributed by atoms with E-state index in [0.29, 0.717) is 24.3 Å². The topological polar surface area (TPSA) is 69.2 Å². The van der Waals surface area contributed by atoms with E-state index in [9.17, 15) is 0 Å². The van der Waals surface area contributed by atoms with Crippen LogP contribution in [0.4, 0.5) is 5.95 Å². The van der Waals surface area contributed by atoms with E-state index in [4.69, 9.17) is 9.47 Å². The maximum Gasteiger partial charge on any atom is 0.229 e. The quantitative estimate of drug-likeness (QED) is 0.891. The molecule has 0 aliphatic carbocycles. The summed E-state index contributed by atoms with van der Waals surface area (Å²) in [5.74, 6) is 1.40. The summed E-state index contributed by atoms with van der Waals surface area (Å²) in [5.41, 5.74) is 0. The molecule has 0 radical (unpaired) electrons. The van der Waals surface area contributed by atoms with Crippen molar-refractivity contribution in [2.24, 2.45) is 0 Å². The first-order valence-electron chi connectivity index (χ1n) is 5.33. The number of hydrogen-bond donors (Lipinski definition) is 1. The minimum absolute atomic E-state index is 0.463. The van der Waals surface area contributed by atoms with Crippen LogP contribution >= 0.6 is 11.3 Å². The first-order valence-corrected chi connectivity index (χ1v) is 6.15. The lowest BCUT2D eigenvalue weighted by Crippen LogP contribution is -2.04. The lowest BCUT2D eigenvalue weighted by Gasteiger charge is -2.07. The van der Waals surface area contributed by atoms with Crippen LogP contribution in [0.5, 0.6) is 11.8 Å². The number of nitrogens with zero attached hydrogens (tertiary/aromatic N) is 3. The Morgan fingerprint density at radius 2 is 1.89 bits per heavy atom. The average Bonchev–Trinajstić information content (AvgIpc) is 2.81. The summed E-state index contributed by atoms with van der Waals surface area (Å²) in [6.07, 6.45) is 1.84. The van der Waals surface area contributed by atoms with Gasteiger partial charge in [-0.3, -0.25) is 0 Å². The molecule has 0 saturated heterocycles. The third-order valence-electron chi connectivity index (χ3n) is 2.19. The fourth-order valence-electron chi connectivity index (χ4n) is 1.35. The highest BCUT2D eigenvalue weighted by Gasteiger charge is 2.05. The first-order chi connectivity index (χ1) is 8.71. The number of ether oxygens (including phenoxy) is 2. The van der Waals surface area contributed by atoms with E-state index in [1.165, 1.54) is 0 Å². The number of aryl methyl sites for hydroxylation is 1. The van der Waals surface area contributed by atoms with E-state index in [-0.39, 0.29) is 0 Å². The maximum absolute atomic E-state index is 5.07. The maximum atomic E-state index is 5.07. The Hall–Kier alpha value is -1.89. The molecule has 2 aromatic rings. The van der Waals surface area contributed by atoms with Gasteiger partial charge >= 0.3 is 0 Å². The molecule has 0 unspecified atom stereocenters. The SMILES string of the molecule is COc1cc(OC)nc(NCc2cnc(C)s2)n1. The Bertz CT molecular complexity index is 507. The van der Waals surface area contributed by atoms with Gasteiger partial charge in [0.25, 0.3) is 0 Å². The zero-order valence-corrected chi connectivity index (χ0v) is 11.2. The zero-order valence-electron chi connectivity index (χ0n) is 10.4. The smallest absolute Gasteiger partial charge is 0.229 e. The number of methoxy groups -OCH3 is 2. The lowest BCUT2D eigenvalue weighted by molar-refractivity contribution is 0.373. The highest BCUT2D eigenvalue weighted by molar-refractivity contribution is 7.11. The van der Waals surface area contributed by atoms with Crippen molar-refractivity contribution >= 4 is 17.3 Å². The van der Waals surface area contributed by atoms with Gasteiger partial charge in [-0.25, -0.2) is 4.98 Å². The van der Waals surface area contributed by atoms with Crippen LogP contribution in [-0.4, -0.2) is 29.2 Å². The molecule has 6 nitrogen and oxygen atoms in total. The summed E-state index contributed by atoms with van der Waals surface area (Å²) in [6, 6.07) is 1.63. The fourth-order valence-corrected chi connectivity index (χ4v) is 2.08. The van der Waals surface area contributed by atoms with Crippen molar-refractivity contribution in [2.45, 2.75) is 13.5 Å². The predicted molar refractivity (Wildman–Crippen MR) is 69.3 cm³/mol. The minimum atomic E-state index is 0.463. The molecule has 0 atom stereocenters. The second kappa shape index (κ2) is 5.63. The average molecular weight is 266 g/mol. The molecule has 96 valence electrons. The summed E-state index contributed by atoms with van der Waals surface area (Å²) in [4.78, 5) is 13.7. The van der Waals surface area contributed by atoms with Crippen LogP contribution in [-0.2, 0) is 6.54 Å². The molecule has 0 aliphatic rings. The molecule has 0 amide bonds. The number of hydrogen-bond acceptors (Lipinski definition) is 7. The van der Waals surface area contributed by atoms with E-state index in [2.05, 4.69) is 20.3 Å². The van der Waals surface area contributed by atoms with E-state index in [1.807, 2.05) is 13.1 Å². The van der Waals surface area contributed by atoms with Crippen molar-refractivity contribution < 1.29 is 9.47 Å². The van der Waals surface area contributed by atoms with E-state index in [1.54, 1.807) is 31.6 Å². The van der Waals surface area contributed by atoms with Gasteiger partial charge in [-0.15, -0.1) is 11.3 Å². The highest BCUT2D eigenvalue weighted by atomic mass is 32.1. The van der Waals surface area contributed by atoms with Gasteiger partial charge in [0.15, 0.2) is 0 Å². The molecule has 1 N–H and O–H groups in total. The molecule has 0 spiro atoms. The Morgan fingerprint density at radius 1 is 1.22 bits per heavy atom. The number of rotatable bonds is 5. The summed E-state index contributed by atoms with van der Waals surface area (Å²) in [7, 11) is 3.11. The molecule has 0 fully saturated rings. The van der Waals surface area contributed by atoms with E-state index < -0.39 is 0 Å². The van der Waals surface area contributed by atoms with Crippen LogP contribution in [0.1, 0.15) is 9.88 Å². The molecule has 18 heavy (non-hydrogen) atoms. The minimum Gasteiger partial charge on any atom is -0.481 e. The van der Waals surface area contributed by atoms with Crippen LogP contribution in [0.2, 0.25) is 0 Å². The summed E-state index contributed by atoms with van der Waals surface area (Å²) in [6.45, 7) is 2.60. The second-order valence-corrected chi connectivity index (χ2v) is 4.79. The highest BCUT2D eigenvalue weighted by Crippen LogP contribution is 2.18. The summed E-state index contributed by atoms with van der Waals surface area (Å²) >= 11 is 1.64. The van der Waals surface area contributed by atoms with Crippen molar-refractivity contribution in [1.29, 1.82) is 0 Å². The number of aromatic nitrogens is 3. The summed E-state index contributed by atoms with van der Waals surface area (Å²) in [5, 5.41) is 4.15. The van der Waals surface area contributed by atoms with E-state index in [0.717, 1.165) is 9.88 Å². The Labute approximate surface area is 109 Å². The van der Waals surface area contributed by atoms with E-state index >= 15 is 0 Å². The van der Waals surface area contributed by atoms with Crippen molar-refractivity contribution in [3.63, 3.8) is 0 Å². The molecule has 2 rings (SSSR count). The third kappa shape index (κ3) is 3.07. The van der Waals surface area contributed by atoms with Crippen molar-refractivity contribution in [2.75, 3.05) is 19.5 Å². The largest absolute Gasteiger partial charge is 0.481 e. The van der Waals surface area contributed by atoms with Gasteiger partial charge in [0, 0.05) is 11.1 Å². The van der Waals surface area contributed by atoms with Gasteiger partial charge < -0.3 is 14.8 Å².